The van der Waals surface area contributed by atoms with E-state index in [0.29, 0.717) is 19.6 Å². The fourth-order valence-corrected chi connectivity index (χ4v) is 1.16. The van der Waals surface area contributed by atoms with E-state index in [1.165, 1.54) is 0 Å². The molecule has 5 heteroatoms. The van der Waals surface area contributed by atoms with E-state index >= 15 is 0 Å². The summed E-state index contributed by atoms with van der Waals surface area (Å²) in [6, 6.07) is -0.505. The summed E-state index contributed by atoms with van der Waals surface area (Å²) in [7, 11) is 0. The number of esters is 1. The third-order valence-electron chi connectivity index (χ3n) is 1.73. The van der Waals surface area contributed by atoms with Gasteiger partial charge in [0.15, 0.2) is 0 Å². The van der Waals surface area contributed by atoms with Crippen molar-refractivity contribution in [3.8, 4) is 0 Å². The number of rotatable bonds is 2. The molecule has 2 atom stereocenters. The van der Waals surface area contributed by atoms with Gasteiger partial charge in [-0.1, -0.05) is 0 Å². The largest absolute Gasteiger partial charge is 0.465 e. The normalized spacial score (nSPS) is 27.8. The van der Waals surface area contributed by atoms with Crippen LogP contribution in [0.1, 0.15) is 13.3 Å². The van der Waals surface area contributed by atoms with Crippen molar-refractivity contribution < 1.29 is 14.6 Å². The minimum atomic E-state index is -0.575. The summed E-state index contributed by atoms with van der Waals surface area (Å²) in [5.41, 5.74) is 0. The highest BCUT2D eigenvalue weighted by Crippen LogP contribution is 2.07. The highest BCUT2D eigenvalue weighted by atomic mass is 35.5. The van der Waals surface area contributed by atoms with E-state index in [4.69, 9.17) is 4.74 Å². The molecule has 12 heavy (non-hydrogen) atoms. The third kappa shape index (κ3) is 2.62. The molecule has 0 bridgehead atoms. The minimum absolute atomic E-state index is 0. The molecule has 0 saturated carbocycles. The molecule has 1 unspecified atom stereocenters. The smallest absolute Gasteiger partial charge is 0.325 e. The molecule has 0 aromatic rings. The summed E-state index contributed by atoms with van der Waals surface area (Å²) in [6.45, 7) is 2.80. The topological polar surface area (TPSA) is 58.6 Å². The van der Waals surface area contributed by atoms with Crippen LogP contribution in [0.5, 0.6) is 0 Å². The standard InChI is InChI=1S/C7H13NO3.ClH/c1-2-11-7(10)6-5(9)3-4-8-6;/h5-6,8-9H,2-4H2,1H3;1H/t5?,6-;/m0./s1. The summed E-state index contributed by atoms with van der Waals surface area (Å²) in [5.74, 6) is -0.350. The quantitative estimate of drug-likeness (QED) is 0.594. The van der Waals surface area contributed by atoms with Crippen molar-refractivity contribution in [2.75, 3.05) is 13.2 Å². The van der Waals surface area contributed by atoms with Crippen molar-refractivity contribution in [2.45, 2.75) is 25.5 Å². The number of carbonyl (C=O) groups excluding carboxylic acids is 1. The first kappa shape index (κ1) is 11.7. The van der Waals surface area contributed by atoms with Gasteiger partial charge in [0, 0.05) is 0 Å². The van der Waals surface area contributed by atoms with Crippen molar-refractivity contribution in [2.24, 2.45) is 0 Å². The zero-order valence-corrected chi connectivity index (χ0v) is 7.76. The Labute approximate surface area is 77.7 Å². The maximum atomic E-state index is 11.0. The molecule has 0 aliphatic carbocycles. The summed E-state index contributed by atoms with van der Waals surface area (Å²) in [6.07, 6.45) is 0.0535. The lowest BCUT2D eigenvalue weighted by molar-refractivity contribution is -0.147. The van der Waals surface area contributed by atoms with Gasteiger partial charge in [-0.15, -0.1) is 12.4 Å². The van der Waals surface area contributed by atoms with Crippen LogP contribution >= 0.6 is 12.4 Å². The van der Waals surface area contributed by atoms with Gasteiger partial charge in [-0.05, 0) is 19.9 Å². The number of aliphatic hydroxyl groups excluding tert-OH is 1. The molecular weight excluding hydrogens is 182 g/mol. The third-order valence-corrected chi connectivity index (χ3v) is 1.73. The molecule has 4 nitrogen and oxygen atoms in total. The van der Waals surface area contributed by atoms with E-state index in [2.05, 4.69) is 5.32 Å². The summed E-state index contributed by atoms with van der Waals surface area (Å²) < 4.78 is 4.73. The molecule has 1 saturated heterocycles. The van der Waals surface area contributed by atoms with Crippen LogP contribution in [-0.4, -0.2) is 36.4 Å². The Morgan fingerprint density at radius 2 is 2.42 bits per heavy atom. The highest BCUT2D eigenvalue weighted by Gasteiger charge is 2.31. The molecule has 1 rings (SSSR count). The highest BCUT2D eigenvalue weighted by molar-refractivity contribution is 5.85. The van der Waals surface area contributed by atoms with Crippen molar-refractivity contribution in [1.82, 2.24) is 5.32 Å². The number of aliphatic hydroxyl groups is 1. The predicted molar refractivity (Wildman–Crippen MR) is 46.3 cm³/mol. The molecule has 0 aromatic carbocycles. The molecule has 0 radical (unpaired) electrons. The lowest BCUT2D eigenvalue weighted by Crippen LogP contribution is -2.39. The van der Waals surface area contributed by atoms with Gasteiger partial charge in [-0.25, -0.2) is 0 Å². The van der Waals surface area contributed by atoms with Crippen LogP contribution in [0.4, 0.5) is 0 Å². The molecule has 1 heterocycles. The van der Waals surface area contributed by atoms with Gasteiger partial charge in [0.2, 0.25) is 0 Å². The monoisotopic (exact) mass is 195 g/mol. The predicted octanol–water partition coefficient (Wildman–Crippen LogP) is -0.306. The number of nitrogens with one attached hydrogen (secondary N) is 1. The fourth-order valence-electron chi connectivity index (χ4n) is 1.16. The van der Waals surface area contributed by atoms with Crippen LogP contribution in [0.3, 0.4) is 0 Å². The minimum Gasteiger partial charge on any atom is -0.465 e. The second-order valence-corrected chi connectivity index (χ2v) is 2.54. The van der Waals surface area contributed by atoms with Gasteiger partial charge in [0.05, 0.1) is 12.7 Å². The molecule has 2 N–H and O–H groups in total. The fraction of sp³-hybridized carbons (Fsp3) is 0.857. The SMILES string of the molecule is CCOC(=O)[C@H]1NCCC1O.Cl. The molecule has 0 spiro atoms. The van der Waals surface area contributed by atoms with Gasteiger partial charge in [0.25, 0.3) is 0 Å². The van der Waals surface area contributed by atoms with Crippen LogP contribution in [0.15, 0.2) is 0 Å². The number of hydrogen-bond acceptors (Lipinski definition) is 4. The van der Waals surface area contributed by atoms with Crippen molar-refractivity contribution in [1.29, 1.82) is 0 Å². The second kappa shape index (κ2) is 5.35. The van der Waals surface area contributed by atoms with Gasteiger partial charge in [0.1, 0.15) is 6.04 Å². The number of carbonyl (C=O) groups is 1. The van der Waals surface area contributed by atoms with Gasteiger partial charge in [-0.2, -0.15) is 0 Å². The van der Waals surface area contributed by atoms with E-state index in [-0.39, 0.29) is 18.4 Å². The van der Waals surface area contributed by atoms with E-state index in [1.807, 2.05) is 0 Å². The molecule has 0 amide bonds. The Bertz CT molecular complexity index is 154. The first-order valence-corrected chi connectivity index (χ1v) is 3.83. The Morgan fingerprint density at radius 1 is 1.75 bits per heavy atom. The van der Waals surface area contributed by atoms with Gasteiger partial charge in [-0.3, -0.25) is 4.79 Å². The maximum absolute atomic E-state index is 11.0. The Kier molecular flexibility index (Phi) is 5.20. The average Bonchev–Trinajstić information content (AvgIpc) is 2.36. The lowest BCUT2D eigenvalue weighted by Gasteiger charge is -2.12. The first-order chi connectivity index (χ1) is 5.25. The number of hydrogen-bond donors (Lipinski definition) is 2. The average molecular weight is 196 g/mol. The van der Waals surface area contributed by atoms with Crippen LogP contribution in [0, 0.1) is 0 Å². The molecule has 72 valence electrons. The van der Waals surface area contributed by atoms with E-state index < -0.39 is 12.1 Å². The zero-order valence-electron chi connectivity index (χ0n) is 6.95. The van der Waals surface area contributed by atoms with Gasteiger partial charge < -0.3 is 15.2 Å². The molecule has 0 aromatic heterocycles. The van der Waals surface area contributed by atoms with E-state index in [9.17, 15) is 9.90 Å². The van der Waals surface area contributed by atoms with Gasteiger partial charge >= 0.3 is 5.97 Å². The molecular formula is C7H14ClNO3. The second-order valence-electron chi connectivity index (χ2n) is 2.54. The van der Waals surface area contributed by atoms with Crippen molar-refractivity contribution in [3.05, 3.63) is 0 Å². The Balaban J connectivity index is 0.00000121. The zero-order chi connectivity index (χ0) is 8.27. The van der Waals surface area contributed by atoms with Crippen LogP contribution in [0.25, 0.3) is 0 Å². The van der Waals surface area contributed by atoms with Crippen LogP contribution in [0.2, 0.25) is 0 Å². The lowest BCUT2D eigenvalue weighted by atomic mass is 10.2. The van der Waals surface area contributed by atoms with Crippen LogP contribution < -0.4 is 5.32 Å². The first-order valence-electron chi connectivity index (χ1n) is 3.83. The number of halogens is 1. The van der Waals surface area contributed by atoms with Crippen molar-refractivity contribution in [3.63, 3.8) is 0 Å². The Hall–Kier alpha value is -0.320. The number of ether oxygens (including phenoxy) is 1. The van der Waals surface area contributed by atoms with Crippen LogP contribution in [-0.2, 0) is 9.53 Å². The van der Waals surface area contributed by atoms with E-state index in [0.717, 1.165) is 0 Å². The molecule has 1 aliphatic rings. The molecule has 1 fully saturated rings. The van der Waals surface area contributed by atoms with E-state index in [1.54, 1.807) is 6.92 Å². The van der Waals surface area contributed by atoms with Crippen molar-refractivity contribution >= 4 is 18.4 Å². The summed E-state index contributed by atoms with van der Waals surface area (Å²) in [4.78, 5) is 11.0. The summed E-state index contributed by atoms with van der Waals surface area (Å²) in [5, 5.41) is 12.1. The summed E-state index contributed by atoms with van der Waals surface area (Å²) >= 11 is 0. The molecule has 1 aliphatic heterocycles. The maximum Gasteiger partial charge on any atom is 0.325 e. The Morgan fingerprint density at radius 3 is 2.83 bits per heavy atom.